The highest BCUT2D eigenvalue weighted by atomic mass is 16.2. The molecule has 0 spiro atoms. The second-order valence-corrected chi connectivity index (χ2v) is 6.28. The van der Waals surface area contributed by atoms with Crippen LogP contribution < -0.4 is 16.0 Å². The molecule has 116 valence electrons. The Morgan fingerprint density at radius 3 is 2.60 bits per heavy atom. The molecule has 20 heavy (non-hydrogen) atoms. The van der Waals surface area contributed by atoms with Crippen molar-refractivity contribution in [3.63, 3.8) is 0 Å². The van der Waals surface area contributed by atoms with E-state index in [9.17, 15) is 9.59 Å². The lowest BCUT2D eigenvalue weighted by Crippen LogP contribution is -2.43. The number of carbonyl (C=O) groups is 2. The Balaban J connectivity index is 2.14. The highest BCUT2D eigenvalue weighted by Gasteiger charge is 2.15. The van der Waals surface area contributed by atoms with Crippen LogP contribution in [0.3, 0.4) is 0 Å². The smallest absolute Gasteiger partial charge is 0.234 e. The predicted molar refractivity (Wildman–Crippen MR) is 79.4 cm³/mol. The number of hydrogen-bond acceptors (Lipinski definition) is 4. The monoisotopic (exact) mass is 284 g/mol. The van der Waals surface area contributed by atoms with Crippen molar-refractivity contribution in [2.24, 2.45) is 0 Å². The van der Waals surface area contributed by atoms with Gasteiger partial charge in [0, 0.05) is 31.6 Å². The van der Waals surface area contributed by atoms with Crippen LogP contribution >= 0.6 is 0 Å². The van der Waals surface area contributed by atoms with Gasteiger partial charge in [-0.15, -0.1) is 0 Å². The van der Waals surface area contributed by atoms with Crippen molar-refractivity contribution in [2.45, 2.75) is 39.2 Å². The number of carbonyl (C=O) groups excluding carboxylic acids is 2. The quantitative estimate of drug-likeness (QED) is 0.648. The maximum absolute atomic E-state index is 11.8. The molecule has 0 aromatic rings. The molecule has 1 aliphatic heterocycles. The zero-order chi connectivity index (χ0) is 15.0. The lowest BCUT2D eigenvalue weighted by Gasteiger charge is -2.21. The first-order valence-electron chi connectivity index (χ1n) is 7.37. The molecule has 0 radical (unpaired) electrons. The number of nitrogens with zero attached hydrogens (tertiary/aromatic N) is 1. The Bertz CT molecular complexity index is 318. The van der Waals surface area contributed by atoms with E-state index in [-0.39, 0.29) is 17.4 Å². The van der Waals surface area contributed by atoms with E-state index in [1.807, 2.05) is 20.8 Å². The third kappa shape index (κ3) is 8.12. The van der Waals surface area contributed by atoms with E-state index in [0.29, 0.717) is 19.5 Å². The molecule has 0 bridgehead atoms. The Hall–Kier alpha value is -1.14. The van der Waals surface area contributed by atoms with Gasteiger partial charge in [-0.2, -0.15) is 0 Å². The topological polar surface area (TPSA) is 73.5 Å². The van der Waals surface area contributed by atoms with Crippen LogP contribution in [0.4, 0.5) is 0 Å². The minimum Gasteiger partial charge on any atom is -0.354 e. The van der Waals surface area contributed by atoms with Crippen molar-refractivity contribution < 1.29 is 9.59 Å². The van der Waals surface area contributed by atoms with Crippen LogP contribution in [0.1, 0.15) is 33.6 Å². The summed E-state index contributed by atoms with van der Waals surface area (Å²) < 4.78 is 0. The van der Waals surface area contributed by atoms with Crippen molar-refractivity contribution in [3.8, 4) is 0 Å². The maximum Gasteiger partial charge on any atom is 0.234 e. The summed E-state index contributed by atoms with van der Waals surface area (Å²) in [7, 11) is 0. The fourth-order valence-electron chi connectivity index (χ4n) is 2.11. The zero-order valence-corrected chi connectivity index (χ0v) is 12.9. The second-order valence-electron chi connectivity index (χ2n) is 6.28. The summed E-state index contributed by atoms with van der Waals surface area (Å²) in [4.78, 5) is 25.5. The lowest BCUT2D eigenvalue weighted by atomic mass is 10.1. The van der Waals surface area contributed by atoms with Gasteiger partial charge in [-0.05, 0) is 40.3 Å². The summed E-state index contributed by atoms with van der Waals surface area (Å²) in [6.07, 6.45) is 1.39. The van der Waals surface area contributed by atoms with Gasteiger partial charge in [-0.3, -0.25) is 14.5 Å². The van der Waals surface area contributed by atoms with E-state index < -0.39 is 0 Å². The average Bonchev–Trinajstić information content (AvgIpc) is 2.55. The molecule has 1 aliphatic rings. The highest BCUT2D eigenvalue weighted by molar-refractivity contribution is 5.80. The molecule has 6 heteroatoms. The average molecular weight is 284 g/mol. The standard InChI is InChI=1S/C14H28N4O2/c1-14(2,3)17-12(19)5-7-16-13(20)11-18-9-4-6-15-8-10-18/h15H,4-11H2,1-3H3,(H,16,20)(H,17,19). The molecule has 6 nitrogen and oxygen atoms in total. The Kier molecular flexibility index (Phi) is 6.95. The van der Waals surface area contributed by atoms with E-state index in [4.69, 9.17) is 0 Å². The summed E-state index contributed by atoms with van der Waals surface area (Å²) in [5.74, 6) is -0.0350. The van der Waals surface area contributed by atoms with Gasteiger partial charge in [0.15, 0.2) is 0 Å². The molecule has 1 heterocycles. The van der Waals surface area contributed by atoms with Gasteiger partial charge in [-0.1, -0.05) is 0 Å². The van der Waals surface area contributed by atoms with Crippen LogP contribution in [0.15, 0.2) is 0 Å². The normalized spacial score (nSPS) is 17.4. The molecule has 0 unspecified atom stereocenters. The summed E-state index contributed by atoms with van der Waals surface area (Å²) in [5, 5.41) is 8.98. The number of amides is 2. The van der Waals surface area contributed by atoms with E-state index in [1.54, 1.807) is 0 Å². The third-order valence-corrected chi connectivity index (χ3v) is 2.99. The van der Waals surface area contributed by atoms with Crippen molar-refractivity contribution in [3.05, 3.63) is 0 Å². The fraction of sp³-hybridized carbons (Fsp3) is 0.857. The van der Waals surface area contributed by atoms with Gasteiger partial charge < -0.3 is 16.0 Å². The molecule has 1 fully saturated rings. The van der Waals surface area contributed by atoms with Gasteiger partial charge in [-0.25, -0.2) is 0 Å². The van der Waals surface area contributed by atoms with Crippen molar-refractivity contribution in [1.29, 1.82) is 0 Å². The lowest BCUT2D eigenvalue weighted by molar-refractivity contribution is -0.123. The van der Waals surface area contributed by atoms with Crippen molar-refractivity contribution in [1.82, 2.24) is 20.9 Å². The molecular weight excluding hydrogens is 256 g/mol. The zero-order valence-electron chi connectivity index (χ0n) is 12.9. The molecule has 3 N–H and O–H groups in total. The largest absolute Gasteiger partial charge is 0.354 e. The summed E-state index contributed by atoms with van der Waals surface area (Å²) in [5.41, 5.74) is -0.222. The van der Waals surface area contributed by atoms with Gasteiger partial charge in [0.05, 0.1) is 6.54 Å². The predicted octanol–water partition coefficient (Wildman–Crippen LogP) is -0.297. The SMILES string of the molecule is CC(C)(C)NC(=O)CCNC(=O)CN1CCCNCC1. The molecular formula is C14H28N4O2. The van der Waals surface area contributed by atoms with Gasteiger partial charge >= 0.3 is 0 Å². The minimum atomic E-state index is -0.222. The highest BCUT2D eigenvalue weighted by Crippen LogP contribution is 1.98. The molecule has 0 saturated carbocycles. The van der Waals surface area contributed by atoms with Crippen LogP contribution in [-0.2, 0) is 9.59 Å². The molecule has 2 amide bonds. The van der Waals surface area contributed by atoms with Crippen LogP contribution in [0.2, 0.25) is 0 Å². The number of rotatable bonds is 5. The Morgan fingerprint density at radius 1 is 1.15 bits per heavy atom. The molecule has 1 saturated heterocycles. The first-order chi connectivity index (χ1) is 9.37. The van der Waals surface area contributed by atoms with Crippen LogP contribution in [-0.4, -0.2) is 61.5 Å². The fourth-order valence-corrected chi connectivity index (χ4v) is 2.11. The summed E-state index contributed by atoms with van der Waals surface area (Å²) in [6.45, 7) is 10.4. The van der Waals surface area contributed by atoms with Gasteiger partial charge in [0.2, 0.25) is 11.8 Å². The van der Waals surface area contributed by atoms with Crippen molar-refractivity contribution >= 4 is 11.8 Å². The van der Waals surface area contributed by atoms with E-state index >= 15 is 0 Å². The minimum absolute atomic E-state index is 0.00420. The number of hydrogen-bond donors (Lipinski definition) is 3. The van der Waals surface area contributed by atoms with E-state index in [2.05, 4.69) is 20.9 Å². The Labute approximate surface area is 121 Å². The molecule has 0 aromatic carbocycles. The molecule has 0 atom stereocenters. The van der Waals surface area contributed by atoms with Crippen molar-refractivity contribution in [2.75, 3.05) is 39.3 Å². The van der Waals surface area contributed by atoms with Gasteiger partial charge in [0.1, 0.15) is 0 Å². The molecule has 1 rings (SSSR count). The van der Waals surface area contributed by atoms with Crippen LogP contribution in [0.5, 0.6) is 0 Å². The Morgan fingerprint density at radius 2 is 1.90 bits per heavy atom. The maximum atomic E-state index is 11.8. The van der Waals surface area contributed by atoms with Crippen LogP contribution in [0, 0.1) is 0 Å². The third-order valence-electron chi connectivity index (χ3n) is 2.99. The number of nitrogens with one attached hydrogen (secondary N) is 3. The first kappa shape index (κ1) is 16.9. The molecule has 0 aromatic heterocycles. The summed E-state index contributed by atoms with van der Waals surface area (Å²) in [6, 6.07) is 0. The van der Waals surface area contributed by atoms with E-state index in [0.717, 1.165) is 32.6 Å². The summed E-state index contributed by atoms with van der Waals surface area (Å²) >= 11 is 0. The van der Waals surface area contributed by atoms with Crippen LogP contribution in [0.25, 0.3) is 0 Å². The molecule has 0 aliphatic carbocycles. The second kappa shape index (κ2) is 8.21. The first-order valence-corrected chi connectivity index (χ1v) is 7.37. The van der Waals surface area contributed by atoms with E-state index in [1.165, 1.54) is 0 Å². The van der Waals surface area contributed by atoms with Gasteiger partial charge in [0.25, 0.3) is 0 Å².